The third-order valence-electron chi connectivity index (χ3n) is 2.26. The number of nitriles is 1. The molecule has 0 aliphatic carbocycles. The number of nitrogens with zero attached hydrogens (tertiary/aromatic N) is 1. The predicted molar refractivity (Wildman–Crippen MR) is 59.0 cm³/mol. The fourth-order valence-corrected chi connectivity index (χ4v) is 1.69. The highest BCUT2D eigenvalue weighted by Gasteiger charge is 2.08. The molecule has 0 spiro atoms. The van der Waals surface area contributed by atoms with Crippen LogP contribution < -0.4 is 5.43 Å². The number of halogens is 1. The van der Waals surface area contributed by atoms with Crippen LogP contribution >= 0.6 is 11.6 Å². The van der Waals surface area contributed by atoms with Crippen molar-refractivity contribution in [2.75, 3.05) is 0 Å². The van der Waals surface area contributed by atoms with Gasteiger partial charge in [-0.15, -0.1) is 0 Å². The van der Waals surface area contributed by atoms with E-state index >= 15 is 0 Å². The number of hydrogen-bond acceptors (Lipinski definition) is 2. The lowest BCUT2D eigenvalue weighted by Gasteiger charge is -2.02. The molecule has 15 heavy (non-hydrogen) atoms. The molecule has 0 aliphatic heterocycles. The number of aromatic amines is 1. The van der Waals surface area contributed by atoms with Gasteiger partial charge < -0.3 is 4.98 Å². The summed E-state index contributed by atoms with van der Waals surface area (Å²) >= 11 is 5.81. The maximum atomic E-state index is 11.8. The zero-order valence-corrected chi connectivity index (χ0v) is 8.72. The Balaban J connectivity index is 2.99. The Morgan fingerprint density at radius 2 is 2.20 bits per heavy atom. The molecule has 4 heteroatoms. The molecule has 1 aromatic heterocycles. The Kier molecular flexibility index (Phi) is 2.22. The number of aromatic nitrogens is 1. The molecule has 1 N–H and O–H groups in total. The molecule has 0 aliphatic rings. The van der Waals surface area contributed by atoms with Gasteiger partial charge in [-0.2, -0.15) is 5.26 Å². The maximum absolute atomic E-state index is 11.8. The summed E-state index contributed by atoms with van der Waals surface area (Å²) in [5.41, 5.74) is 1.13. The molecular formula is C11H7ClN2O. The molecule has 1 aromatic carbocycles. The quantitative estimate of drug-likeness (QED) is 0.738. The van der Waals surface area contributed by atoms with E-state index in [2.05, 4.69) is 4.98 Å². The van der Waals surface area contributed by atoms with Gasteiger partial charge in [0.25, 0.3) is 0 Å². The summed E-state index contributed by atoms with van der Waals surface area (Å²) in [6, 6.07) is 6.82. The summed E-state index contributed by atoms with van der Waals surface area (Å²) in [6.07, 6.45) is 0. The monoisotopic (exact) mass is 218 g/mol. The minimum absolute atomic E-state index is 0.157. The molecule has 0 saturated carbocycles. The predicted octanol–water partition coefficient (Wildman–Crippen LogP) is 2.36. The lowest BCUT2D eigenvalue weighted by molar-refractivity contribution is 1.21. The van der Waals surface area contributed by atoms with E-state index in [4.69, 9.17) is 16.9 Å². The van der Waals surface area contributed by atoms with Crippen LogP contribution in [-0.4, -0.2) is 4.98 Å². The first-order valence-corrected chi connectivity index (χ1v) is 4.73. The van der Waals surface area contributed by atoms with E-state index in [9.17, 15) is 4.79 Å². The average molecular weight is 219 g/mol. The minimum Gasteiger partial charge on any atom is -0.357 e. The zero-order chi connectivity index (χ0) is 11.0. The second-order valence-corrected chi connectivity index (χ2v) is 3.69. The standard InChI is InChI=1S/C11H7ClN2O/c1-6-9(5-13)11(15)8-3-2-7(12)4-10(8)14-6/h2-4H,1H3,(H,14,15). The molecule has 0 unspecified atom stereocenters. The summed E-state index contributed by atoms with van der Waals surface area (Å²) < 4.78 is 0. The highest BCUT2D eigenvalue weighted by molar-refractivity contribution is 6.31. The summed E-state index contributed by atoms with van der Waals surface area (Å²) in [6.45, 7) is 1.69. The second-order valence-electron chi connectivity index (χ2n) is 3.26. The number of hydrogen-bond donors (Lipinski definition) is 1. The van der Waals surface area contributed by atoms with Crippen LogP contribution in [0.5, 0.6) is 0 Å². The Morgan fingerprint density at radius 1 is 1.47 bits per heavy atom. The van der Waals surface area contributed by atoms with Crippen molar-refractivity contribution in [2.45, 2.75) is 6.92 Å². The molecule has 74 valence electrons. The van der Waals surface area contributed by atoms with Gasteiger partial charge in [0.05, 0.1) is 5.52 Å². The van der Waals surface area contributed by atoms with Crippen LogP contribution in [0.3, 0.4) is 0 Å². The Morgan fingerprint density at radius 3 is 2.87 bits per heavy atom. The first-order valence-electron chi connectivity index (χ1n) is 4.35. The van der Waals surface area contributed by atoms with E-state index in [0.717, 1.165) is 0 Å². The van der Waals surface area contributed by atoms with Gasteiger partial charge in [-0.1, -0.05) is 11.6 Å². The molecule has 0 radical (unpaired) electrons. The van der Waals surface area contributed by atoms with Crippen molar-refractivity contribution in [3.8, 4) is 6.07 Å². The summed E-state index contributed by atoms with van der Waals surface area (Å²) in [4.78, 5) is 14.8. The molecule has 2 aromatic rings. The van der Waals surface area contributed by atoms with Crippen molar-refractivity contribution in [1.82, 2.24) is 4.98 Å². The van der Waals surface area contributed by atoms with Gasteiger partial charge in [0.15, 0.2) is 0 Å². The normalized spacial score (nSPS) is 10.2. The average Bonchev–Trinajstić information content (AvgIpc) is 2.17. The van der Waals surface area contributed by atoms with E-state index in [1.54, 1.807) is 25.1 Å². The van der Waals surface area contributed by atoms with E-state index in [-0.39, 0.29) is 11.0 Å². The molecular weight excluding hydrogens is 212 g/mol. The second kappa shape index (κ2) is 3.41. The van der Waals surface area contributed by atoms with Gasteiger partial charge in [0, 0.05) is 16.1 Å². The van der Waals surface area contributed by atoms with Crippen LogP contribution in [0, 0.1) is 18.3 Å². The van der Waals surface area contributed by atoms with E-state index in [1.807, 2.05) is 6.07 Å². The third kappa shape index (κ3) is 1.49. The number of fused-ring (bicyclic) bond motifs is 1. The van der Waals surface area contributed by atoms with Gasteiger partial charge in [-0.25, -0.2) is 0 Å². The van der Waals surface area contributed by atoms with Crippen LogP contribution in [0.15, 0.2) is 23.0 Å². The Hall–Kier alpha value is -1.79. The van der Waals surface area contributed by atoms with Crippen LogP contribution in [0.25, 0.3) is 10.9 Å². The highest BCUT2D eigenvalue weighted by Crippen LogP contribution is 2.16. The van der Waals surface area contributed by atoms with Crippen LogP contribution in [0.1, 0.15) is 11.3 Å². The zero-order valence-electron chi connectivity index (χ0n) is 7.97. The maximum Gasteiger partial charge on any atom is 0.207 e. The van der Waals surface area contributed by atoms with Crippen LogP contribution in [-0.2, 0) is 0 Å². The molecule has 3 nitrogen and oxygen atoms in total. The first kappa shape index (κ1) is 9.75. The first-order chi connectivity index (χ1) is 7.13. The fourth-order valence-electron chi connectivity index (χ4n) is 1.52. The van der Waals surface area contributed by atoms with Crippen molar-refractivity contribution < 1.29 is 0 Å². The molecule has 2 rings (SSSR count). The van der Waals surface area contributed by atoms with Crippen molar-refractivity contribution in [2.24, 2.45) is 0 Å². The van der Waals surface area contributed by atoms with Gasteiger partial charge in [-0.3, -0.25) is 4.79 Å². The molecule has 1 heterocycles. The van der Waals surface area contributed by atoms with E-state index in [0.29, 0.717) is 21.6 Å². The summed E-state index contributed by atoms with van der Waals surface area (Å²) in [5, 5.41) is 9.86. The van der Waals surface area contributed by atoms with Gasteiger partial charge in [0.2, 0.25) is 5.43 Å². The van der Waals surface area contributed by atoms with Crippen molar-refractivity contribution in [1.29, 1.82) is 5.26 Å². The molecule has 0 bridgehead atoms. The number of rotatable bonds is 0. The lowest BCUT2D eigenvalue weighted by atomic mass is 10.1. The number of aryl methyl sites for hydroxylation is 1. The van der Waals surface area contributed by atoms with Crippen molar-refractivity contribution in [3.63, 3.8) is 0 Å². The number of benzene rings is 1. The van der Waals surface area contributed by atoms with Gasteiger partial charge in [-0.05, 0) is 25.1 Å². The molecule has 0 saturated heterocycles. The van der Waals surface area contributed by atoms with E-state index < -0.39 is 0 Å². The third-order valence-corrected chi connectivity index (χ3v) is 2.50. The largest absolute Gasteiger partial charge is 0.357 e. The van der Waals surface area contributed by atoms with Crippen molar-refractivity contribution in [3.05, 3.63) is 44.7 Å². The molecule has 0 atom stereocenters. The molecule has 0 fully saturated rings. The van der Waals surface area contributed by atoms with Gasteiger partial charge >= 0.3 is 0 Å². The molecule has 0 amide bonds. The van der Waals surface area contributed by atoms with E-state index in [1.165, 1.54) is 0 Å². The van der Waals surface area contributed by atoms with Gasteiger partial charge in [0.1, 0.15) is 11.6 Å². The SMILES string of the molecule is Cc1[nH]c2cc(Cl)ccc2c(=O)c1C#N. The summed E-state index contributed by atoms with van der Waals surface area (Å²) in [7, 11) is 0. The van der Waals surface area contributed by atoms with Crippen LogP contribution in [0.2, 0.25) is 5.02 Å². The number of nitrogens with one attached hydrogen (secondary N) is 1. The lowest BCUT2D eigenvalue weighted by Crippen LogP contribution is -2.10. The number of H-pyrrole nitrogens is 1. The fraction of sp³-hybridized carbons (Fsp3) is 0.0909. The van der Waals surface area contributed by atoms with Crippen LogP contribution in [0.4, 0.5) is 0 Å². The van der Waals surface area contributed by atoms with Crippen molar-refractivity contribution >= 4 is 22.5 Å². The summed E-state index contributed by atoms with van der Waals surface area (Å²) in [5.74, 6) is 0. The highest BCUT2D eigenvalue weighted by atomic mass is 35.5. The topological polar surface area (TPSA) is 56.6 Å². The smallest absolute Gasteiger partial charge is 0.207 e. The number of pyridine rings is 1. The Labute approximate surface area is 90.9 Å². The Bertz CT molecular complexity index is 637. The minimum atomic E-state index is -0.250.